The van der Waals surface area contributed by atoms with Crippen molar-refractivity contribution in [2.45, 2.75) is 48.9 Å². The SMILES string of the molecule is CCOC(=O)N1CCC(N[C@H]2CS(=O)(=O)C[C@@H]2S(=O)(=O)c2ccc(F)cc2C)CC1. The molecule has 0 saturated carbocycles. The van der Waals surface area contributed by atoms with Gasteiger partial charge in [0.25, 0.3) is 0 Å². The molecule has 0 spiro atoms. The minimum Gasteiger partial charge on any atom is -0.450 e. The Bertz CT molecular complexity index is 1000. The van der Waals surface area contributed by atoms with Crippen LogP contribution in [0.5, 0.6) is 0 Å². The molecule has 1 N–H and O–H groups in total. The molecule has 168 valence electrons. The summed E-state index contributed by atoms with van der Waals surface area (Å²) in [6.07, 6.45) is 0.752. The van der Waals surface area contributed by atoms with Gasteiger partial charge in [0.1, 0.15) is 5.82 Å². The highest BCUT2D eigenvalue weighted by Gasteiger charge is 2.47. The van der Waals surface area contributed by atoms with E-state index in [1.54, 1.807) is 11.8 Å². The molecule has 0 bridgehead atoms. The summed E-state index contributed by atoms with van der Waals surface area (Å²) in [6, 6.07) is 2.52. The normalized spacial score (nSPS) is 24.7. The Hall–Kier alpha value is -1.72. The first-order valence-electron chi connectivity index (χ1n) is 9.91. The molecule has 8 nitrogen and oxygen atoms in total. The van der Waals surface area contributed by atoms with E-state index in [2.05, 4.69) is 5.32 Å². The Labute approximate surface area is 176 Å². The van der Waals surface area contributed by atoms with Gasteiger partial charge in [0.15, 0.2) is 19.7 Å². The van der Waals surface area contributed by atoms with Crippen LogP contribution in [0.3, 0.4) is 0 Å². The highest BCUT2D eigenvalue weighted by atomic mass is 32.2. The molecule has 1 aromatic carbocycles. The molecule has 0 unspecified atom stereocenters. The van der Waals surface area contributed by atoms with E-state index < -0.39 is 42.5 Å². The van der Waals surface area contributed by atoms with Gasteiger partial charge in [-0.25, -0.2) is 26.0 Å². The number of hydrogen-bond acceptors (Lipinski definition) is 7. The zero-order valence-corrected chi connectivity index (χ0v) is 18.6. The van der Waals surface area contributed by atoms with E-state index in [1.165, 1.54) is 13.0 Å². The number of halogens is 1. The minimum absolute atomic E-state index is 0.0464. The number of hydrogen-bond donors (Lipinski definition) is 1. The lowest BCUT2D eigenvalue weighted by molar-refractivity contribution is 0.0945. The Morgan fingerprint density at radius 3 is 2.53 bits per heavy atom. The fraction of sp³-hybridized carbons (Fsp3) is 0.632. The predicted octanol–water partition coefficient (Wildman–Crippen LogP) is 1.28. The summed E-state index contributed by atoms with van der Waals surface area (Å²) in [5, 5.41) is 2.07. The number of carbonyl (C=O) groups excluding carboxylic acids is 1. The van der Waals surface area contributed by atoms with Crippen molar-refractivity contribution in [1.29, 1.82) is 0 Å². The van der Waals surface area contributed by atoms with Crippen LogP contribution in [0.4, 0.5) is 9.18 Å². The highest BCUT2D eigenvalue weighted by molar-refractivity contribution is 7.96. The van der Waals surface area contributed by atoms with Gasteiger partial charge in [0.05, 0.1) is 28.3 Å². The molecule has 2 atom stereocenters. The van der Waals surface area contributed by atoms with E-state index in [-0.39, 0.29) is 28.3 Å². The van der Waals surface area contributed by atoms with Gasteiger partial charge in [-0.15, -0.1) is 0 Å². The summed E-state index contributed by atoms with van der Waals surface area (Å²) < 4.78 is 69.4. The number of rotatable bonds is 5. The van der Waals surface area contributed by atoms with Crippen LogP contribution < -0.4 is 5.32 Å². The molecular formula is C19H27FN2O6S2. The summed E-state index contributed by atoms with van der Waals surface area (Å²) in [7, 11) is -7.52. The van der Waals surface area contributed by atoms with Crippen LogP contribution in [0.25, 0.3) is 0 Å². The summed E-state index contributed by atoms with van der Waals surface area (Å²) in [6.45, 7) is 4.41. The van der Waals surface area contributed by atoms with E-state index in [9.17, 15) is 26.0 Å². The van der Waals surface area contributed by atoms with Gasteiger partial charge in [-0.1, -0.05) is 0 Å². The first kappa shape index (κ1) is 23.0. The van der Waals surface area contributed by atoms with Gasteiger partial charge in [-0.05, 0) is 50.5 Å². The van der Waals surface area contributed by atoms with Crippen LogP contribution in [-0.2, 0) is 24.4 Å². The maximum absolute atomic E-state index is 13.4. The third-order valence-corrected chi connectivity index (χ3v) is 9.92. The lowest BCUT2D eigenvalue weighted by atomic mass is 10.0. The van der Waals surface area contributed by atoms with Gasteiger partial charge < -0.3 is 15.0 Å². The number of likely N-dealkylation sites (tertiary alicyclic amines) is 1. The number of piperidine rings is 1. The summed E-state index contributed by atoms with van der Waals surface area (Å²) >= 11 is 0. The van der Waals surface area contributed by atoms with Crippen molar-refractivity contribution in [3.63, 3.8) is 0 Å². The lowest BCUT2D eigenvalue weighted by Crippen LogP contribution is -2.52. The first-order valence-corrected chi connectivity index (χ1v) is 13.3. The molecule has 0 aliphatic carbocycles. The molecule has 0 aromatic heterocycles. The largest absolute Gasteiger partial charge is 0.450 e. The predicted molar refractivity (Wildman–Crippen MR) is 109 cm³/mol. The number of ether oxygens (including phenoxy) is 1. The zero-order chi connectivity index (χ0) is 22.1. The van der Waals surface area contributed by atoms with Crippen molar-refractivity contribution in [2.24, 2.45) is 0 Å². The summed E-state index contributed by atoms with van der Waals surface area (Å²) in [5.41, 5.74) is 0.251. The fourth-order valence-electron chi connectivity index (χ4n) is 4.12. The minimum atomic E-state index is -3.98. The molecule has 2 heterocycles. The molecule has 2 aliphatic rings. The van der Waals surface area contributed by atoms with Crippen molar-refractivity contribution in [3.8, 4) is 0 Å². The Balaban J connectivity index is 1.75. The van der Waals surface area contributed by atoms with Gasteiger partial charge in [-0.3, -0.25) is 0 Å². The number of nitrogens with zero attached hydrogens (tertiary/aromatic N) is 1. The second-order valence-electron chi connectivity index (χ2n) is 7.80. The average Bonchev–Trinajstić information content (AvgIpc) is 2.97. The Morgan fingerprint density at radius 1 is 1.27 bits per heavy atom. The van der Waals surface area contributed by atoms with Gasteiger partial charge in [0.2, 0.25) is 0 Å². The summed E-state index contributed by atoms with van der Waals surface area (Å²) in [5.74, 6) is -1.28. The van der Waals surface area contributed by atoms with E-state index in [1.807, 2.05) is 0 Å². The first-order chi connectivity index (χ1) is 14.0. The number of carbonyl (C=O) groups is 1. The van der Waals surface area contributed by atoms with Crippen molar-refractivity contribution in [3.05, 3.63) is 29.6 Å². The number of aryl methyl sites for hydroxylation is 1. The van der Waals surface area contributed by atoms with E-state index in [4.69, 9.17) is 4.74 Å². The van der Waals surface area contributed by atoms with Crippen molar-refractivity contribution >= 4 is 25.8 Å². The number of sulfone groups is 2. The molecular weight excluding hydrogens is 435 g/mol. The molecule has 11 heteroatoms. The van der Waals surface area contributed by atoms with Crippen molar-refractivity contribution < 1.29 is 30.8 Å². The monoisotopic (exact) mass is 462 g/mol. The molecule has 2 saturated heterocycles. The molecule has 2 aliphatic heterocycles. The van der Waals surface area contributed by atoms with Gasteiger partial charge in [0, 0.05) is 25.2 Å². The zero-order valence-electron chi connectivity index (χ0n) is 17.0. The van der Waals surface area contributed by atoms with E-state index in [0.29, 0.717) is 32.5 Å². The van der Waals surface area contributed by atoms with Crippen molar-refractivity contribution in [2.75, 3.05) is 31.2 Å². The average molecular weight is 463 g/mol. The fourth-order valence-corrected chi connectivity index (χ4v) is 9.02. The lowest BCUT2D eigenvalue weighted by Gasteiger charge is -2.34. The molecule has 3 rings (SSSR count). The number of nitrogens with one attached hydrogen (secondary N) is 1. The van der Waals surface area contributed by atoms with Crippen LogP contribution in [0.2, 0.25) is 0 Å². The quantitative estimate of drug-likeness (QED) is 0.657. The number of amides is 1. The third-order valence-electron chi connectivity index (χ3n) is 5.61. The van der Waals surface area contributed by atoms with Crippen LogP contribution >= 0.6 is 0 Å². The molecule has 0 radical (unpaired) electrons. The van der Waals surface area contributed by atoms with E-state index in [0.717, 1.165) is 12.1 Å². The molecule has 1 aromatic rings. The van der Waals surface area contributed by atoms with Gasteiger partial charge >= 0.3 is 6.09 Å². The van der Waals surface area contributed by atoms with Crippen LogP contribution in [0.15, 0.2) is 23.1 Å². The van der Waals surface area contributed by atoms with Crippen LogP contribution in [0, 0.1) is 12.7 Å². The standard InChI is InChI=1S/C19H27FN2O6S2/c1-3-28-19(23)22-8-6-15(7-9-22)21-16-11-29(24,25)12-18(16)30(26,27)17-5-4-14(20)10-13(17)2/h4-5,10,15-16,18,21H,3,6-9,11-12H2,1-2H3/t16-,18-/m0/s1. The number of benzene rings is 1. The Morgan fingerprint density at radius 2 is 1.93 bits per heavy atom. The van der Waals surface area contributed by atoms with E-state index >= 15 is 0 Å². The van der Waals surface area contributed by atoms with Crippen molar-refractivity contribution in [1.82, 2.24) is 10.2 Å². The second kappa shape index (κ2) is 8.80. The molecule has 30 heavy (non-hydrogen) atoms. The van der Waals surface area contributed by atoms with Gasteiger partial charge in [-0.2, -0.15) is 0 Å². The maximum Gasteiger partial charge on any atom is 0.409 e. The third kappa shape index (κ3) is 4.94. The smallest absolute Gasteiger partial charge is 0.409 e. The summed E-state index contributed by atoms with van der Waals surface area (Å²) in [4.78, 5) is 13.4. The second-order valence-corrected chi connectivity index (χ2v) is 12.1. The van der Waals surface area contributed by atoms with Crippen LogP contribution in [-0.4, -0.2) is 76.4 Å². The molecule has 2 fully saturated rings. The Kier molecular flexibility index (Phi) is 6.73. The highest BCUT2D eigenvalue weighted by Crippen LogP contribution is 2.29. The maximum atomic E-state index is 13.4. The van der Waals surface area contributed by atoms with Crippen LogP contribution in [0.1, 0.15) is 25.3 Å². The topological polar surface area (TPSA) is 110 Å². The molecule has 1 amide bonds.